The molecule has 6 heteroatoms. The molecule has 0 spiro atoms. The largest absolute Gasteiger partial charge is 0.365 e. The van der Waals surface area contributed by atoms with E-state index in [9.17, 15) is 10.1 Å². The van der Waals surface area contributed by atoms with Gasteiger partial charge in [-0.2, -0.15) is 0 Å². The fourth-order valence-electron chi connectivity index (χ4n) is 1.48. The molecule has 0 amide bonds. The number of anilines is 1. The highest BCUT2D eigenvalue weighted by Gasteiger charge is 2.06. The average molecular weight is 264 g/mol. The van der Waals surface area contributed by atoms with E-state index in [1.54, 1.807) is 30.5 Å². The molecule has 0 aliphatic carbocycles. The maximum atomic E-state index is 10.6. The quantitative estimate of drug-likeness (QED) is 0.679. The predicted octanol–water partition coefficient (Wildman–Crippen LogP) is 3.26. The van der Waals surface area contributed by atoms with E-state index in [-0.39, 0.29) is 5.69 Å². The molecule has 0 radical (unpaired) electrons. The van der Waals surface area contributed by atoms with Crippen molar-refractivity contribution in [1.82, 2.24) is 4.98 Å². The van der Waals surface area contributed by atoms with Crippen molar-refractivity contribution in [2.24, 2.45) is 0 Å². The van der Waals surface area contributed by atoms with E-state index in [2.05, 4.69) is 10.3 Å². The van der Waals surface area contributed by atoms with E-state index < -0.39 is 4.92 Å². The van der Waals surface area contributed by atoms with Gasteiger partial charge in [0.05, 0.1) is 9.95 Å². The second kappa shape index (κ2) is 5.46. The van der Waals surface area contributed by atoms with Crippen molar-refractivity contribution in [3.05, 3.63) is 63.3 Å². The highest BCUT2D eigenvalue weighted by atomic mass is 35.5. The van der Waals surface area contributed by atoms with Crippen LogP contribution >= 0.6 is 11.6 Å². The molecule has 0 saturated heterocycles. The lowest BCUT2D eigenvalue weighted by Gasteiger charge is -2.06. The van der Waals surface area contributed by atoms with Crippen molar-refractivity contribution in [2.75, 3.05) is 5.32 Å². The maximum absolute atomic E-state index is 10.6. The van der Waals surface area contributed by atoms with Crippen LogP contribution in [0.25, 0.3) is 0 Å². The summed E-state index contributed by atoms with van der Waals surface area (Å²) in [5.74, 6) is 0.561. The van der Waals surface area contributed by atoms with Gasteiger partial charge in [-0.3, -0.25) is 10.1 Å². The molecule has 92 valence electrons. The van der Waals surface area contributed by atoms with Crippen LogP contribution in [0.3, 0.4) is 0 Å². The van der Waals surface area contributed by atoms with Gasteiger partial charge in [-0.1, -0.05) is 23.7 Å². The average Bonchev–Trinajstić information content (AvgIpc) is 2.38. The third-order valence-electron chi connectivity index (χ3n) is 2.34. The molecule has 0 atom stereocenters. The molecule has 0 fully saturated rings. The van der Waals surface area contributed by atoms with Crippen LogP contribution in [-0.4, -0.2) is 9.91 Å². The number of nitro groups is 1. The van der Waals surface area contributed by atoms with Crippen LogP contribution in [0.5, 0.6) is 0 Å². The number of nitro benzene ring substituents is 1. The molecule has 1 N–H and O–H groups in total. The van der Waals surface area contributed by atoms with Gasteiger partial charge in [0.2, 0.25) is 0 Å². The van der Waals surface area contributed by atoms with Crippen LogP contribution in [0.1, 0.15) is 5.56 Å². The van der Waals surface area contributed by atoms with Gasteiger partial charge in [0, 0.05) is 24.9 Å². The van der Waals surface area contributed by atoms with Crippen LogP contribution in [0.4, 0.5) is 11.5 Å². The molecule has 0 saturated carbocycles. The highest BCUT2D eigenvalue weighted by Crippen LogP contribution is 2.19. The van der Waals surface area contributed by atoms with Crippen LogP contribution in [0.2, 0.25) is 5.02 Å². The zero-order valence-corrected chi connectivity index (χ0v) is 10.1. The Morgan fingerprint density at radius 3 is 2.89 bits per heavy atom. The van der Waals surface area contributed by atoms with Gasteiger partial charge < -0.3 is 5.32 Å². The first-order valence-corrected chi connectivity index (χ1v) is 5.62. The summed E-state index contributed by atoms with van der Waals surface area (Å²) in [5, 5.41) is 14.2. The minimum absolute atomic E-state index is 0.0708. The maximum Gasteiger partial charge on any atom is 0.269 e. The Kier molecular flexibility index (Phi) is 3.74. The summed E-state index contributed by atoms with van der Waals surface area (Å²) in [5.41, 5.74) is 0.868. The standard InChI is InChI=1S/C12H10ClN3O2/c13-11-5-2-6-14-12(11)15-8-9-3-1-4-10(7-9)16(17)18/h1-7H,8H2,(H,14,15). The molecular formula is C12H10ClN3O2. The Hall–Kier alpha value is -2.14. The molecule has 2 aromatic rings. The molecular weight excluding hydrogens is 254 g/mol. The molecule has 1 heterocycles. The summed E-state index contributed by atoms with van der Waals surface area (Å²) >= 11 is 5.94. The smallest absolute Gasteiger partial charge is 0.269 e. The summed E-state index contributed by atoms with van der Waals surface area (Å²) in [7, 11) is 0. The van der Waals surface area contributed by atoms with E-state index in [0.717, 1.165) is 5.56 Å². The number of nitrogens with zero attached hydrogens (tertiary/aromatic N) is 2. The topological polar surface area (TPSA) is 68.1 Å². The fourth-order valence-corrected chi connectivity index (χ4v) is 1.67. The van der Waals surface area contributed by atoms with Crippen LogP contribution < -0.4 is 5.32 Å². The second-order valence-electron chi connectivity index (χ2n) is 3.61. The van der Waals surface area contributed by atoms with Crippen LogP contribution in [-0.2, 0) is 6.54 Å². The van der Waals surface area contributed by atoms with Gasteiger partial charge in [-0.25, -0.2) is 4.98 Å². The lowest BCUT2D eigenvalue weighted by molar-refractivity contribution is -0.384. The lowest BCUT2D eigenvalue weighted by Crippen LogP contribution is -2.02. The normalized spacial score (nSPS) is 10.1. The lowest BCUT2D eigenvalue weighted by atomic mass is 10.2. The van der Waals surface area contributed by atoms with Crippen molar-refractivity contribution < 1.29 is 4.92 Å². The minimum atomic E-state index is -0.419. The number of nitrogens with one attached hydrogen (secondary N) is 1. The number of aromatic nitrogens is 1. The van der Waals surface area contributed by atoms with Gasteiger partial charge in [0.25, 0.3) is 5.69 Å². The van der Waals surface area contributed by atoms with E-state index in [4.69, 9.17) is 11.6 Å². The van der Waals surface area contributed by atoms with E-state index in [0.29, 0.717) is 17.4 Å². The van der Waals surface area contributed by atoms with E-state index in [1.165, 1.54) is 12.1 Å². The van der Waals surface area contributed by atoms with Gasteiger partial charge in [-0.15, -0.1) is 0 Å². The SMILES string of the molecule is O=[N+]([O-])c1cccc(CNc2ncccc2Cl)c1. The predicted molar refractivity (Wildman–Crippen MR) is 69.7 cm³/mol. The molecule has 5 nitrogen and oxygen atoms in total. The summed E-state index contributed by atoms with van der Waals surface area (Å²) in [4.78, 5) is 14.3. The third kappa shape index (κ3) is 2.95. The number of hydrogen-bond acceptors (Lipinski definition) is 4. The number of benzene rings is 1. The first-order valence-electron chi connectivity index (χ1n) is 5.24. The van der Waals surface area contributed by atoms with Crippen molar-refractivity contribution >= 4 is 23.1 Å². The molecule has 18 heavy (non-hydrogen) atoms. The monoisotopic (exact) mass is 263 g/mol. The minimum Gasteiger partial charge on any atom is -0.365 e. The number of hydrogen-bond donors (Lipinski definition) is 1. The van der Waals surface area contributed by atoms with Crippen molar-refractivity contribution in [3.63, 3.8) is 0 Å². The Morgan fingerprint density at radius 1 is 1.33 bits per heavy atom. The highest BCUT2D eigenvalue weighted by molar-refractivity contribution is 6.32. The van der Waals surface area contributed by atoms with Crippen molar-refractivity contribution in [2.45, 2.75) is 6.54 Å². The first-order chi connectivity index (χ1) is 8.66. The molecule has 0 aliphatic heterocycles. The summed E-state index contributed by atoms with van der Waals surface area (Å²) in [6.45, 7) is 0.429. The first kappa shape index (κ1) is 12.3. The van der Waals surface area contributed by atoms with Crippen LogP contribution in [0, 0.1) is 10.1 Å². The third-order valence-corrected chi connectivity index (χ3v) is 2.64. The zero-order valence-electron chi connectivity index (χ0n) is 9.34. The molecule has 0 unspecified atom stereocenters. The molecule has 0 bridgehead atoms. The van der Waals surface area contributed by atoms with Gasteiger partial charge in [0.15, 0.2) is 0 Å². The number of rotatable bonds is 4. The van der Waals surface area contributed by atoms with Crippen molar-refractivity contribution in [3.8, 4) is 0 Å². The Bertz CT molecular complexity index is 575. The Morgan fingerprint density at radius 2 is 2.17 bits per heavy atom. The molecule has 1 aromatic carbocycles. The Labute approximate surface area is 109 Å². The zero-order chi connectivity index (χ0) is 13.0. The Balaban J connectivity index is 2.09. The fraction of sp³-hybridized carbons (Fsp3) is 0.0833. The molecule has 2 rings (SSSR count). The number of halogens is 1. The van der Waals surface area contributed by atoms with Crippen molar-refractivity contribution in [1.29, 1.82) is 0 Å². The van der Waals surface area contributed by atoms with Crippen LogP contribution in [0.15, 0.2) is 42.6 Å². The van der Waals surface area contributed by atoms with Gasteiger partial charge >= 0.3 is 0 Å². The molecule has 0 aliphatic rings. The van der Waals surface area contributed by atoms with Gasteiger partial charge in [0.1, 0.15) is 5.82 Å². The summed E-state index contributed by atoms with van der Waals surface area (Å²) in [6.07, 6.45) is 1.63. The second-order valence-corrected chi connectivity index (χ2v) is 4.02. The van der Waals surface area contributed by atoms with E-state index in [1.807, 2.05) is 0 Å². The van der Waals surface area contributed by atoms with E-state index >= 15 is 0 Å². The van der Waals surface area contributed by atoms with Gasteiger partial charge in [-0.05, 0) is 17.7 Å². The summed E-state index contributed by atoms with van der Waals surface area (Å²) < 4.78 is 0. The molecule has 1 aromatic heterocycles. The number of non-ortho nitro benzene ring substituents is 1. The summed E-state index contributed by atoms with van der Waals surface area (Å²) in [6, 6.07) is 9.89. The number of pyridine rings is 1.